The average molecular weight is 266 g/mol. The molecule has 0 aromatic heterocycles. The van der Waals surface area contributed by atoms with Gasteiger partial charge in [-0.2, -0.15) is 0 Å². The third-order valence-electron chi connectivity index (χ3n) is 2.22. The van der Waals surface area contributed by atoms with Gasteiger partial charge in [0, 0.05) is 13.2 Å². The van der Waals surface area contributed by atoms with E-state index >= 15 is 0 Å². The number of benzene rings is 1. The van der Waals surface area contributed by atoms with Gasteiger partial charge in [-0.05, 0) is 30.7 Å². The molecule has 0 N–H and O–H groups in total. The fourth-order valence-electron chi connectivity index (χ4n) is 1.38. The van der Waals surface area contributed by atoms with E-state index in [0.29, 0.717) is 18.1 Å². The molecule has 0 aliphatic rings. The lowest BCUT2D eigenvalue weighted by Crippen LogP contribution is -2.01. The highest BCUT2D eigenvalue weighted by atomic mass is 16.7. The van der Waals surface area contributed by atoms with Gasteiger partial charge in [-0.15, -0.1) is 0 Å². The normalized spacial score (nSPS) is 10.5. The highest BCUT2D eigenvalue weighted by Gasteiger charge is 2.04. The lowest BCUT2D eigenvalue weighted by molar-refractivity contribution is -0.137. The zero-order chi connectivity index (χ0) is 14.1. The summed E-state index contributed by atoms with van der Waals surface area (Å²) in [4.78, 5) is 11.2. The SMILES string of the molecule is CCOC(=O)/C=C/c1ccc(OCOC)c(OC)c1. The number of esters is 1. The first-order valence-electron chi connectivity index (χ1n) is 5.85. The molecule has 0 heterocycles. The van der Waals surface area contributed by atoms with Crippen molar-refractivity contribution in [3.63, 3.8) is 0 Å². The summed E-state index contributed by atoms with van der Waals surface area (Å²) in [6.45, 7) is 2.27. The Morgan fingerprint density at radius 1 is 1.26 bits per heavy atom. The molecule has 0 spiro atoms. The molecule has 0 unspecified atom stereocenters. The number of carbonyl (C=O) groups is 1. The van der Waals surface area contributed by atoms with E-state index in [1.165, 1.54) is 6.08 Å². The Morgan fingerprint density at radius 3 is 2.68 bits per heavy atom. The van der Waals surface area contributed by atoms with Crippen LogP contribution in [0, 0.1) is 0 Å². The second-order valence-corrected chi connectivity index (χ2v) is 3.55. The van der Waals surface area contributed by atoms with Crippen molar-refractivity contribution >= 4 is 12.0 Å². The first-order valence-corrected chi connectivity index (χ1v) is 5.85. The number of carbonyl (C=O) groups excluding carboxylic acids is 1. The molecule has 0 aliphatic carbocycles. The Morgan fingerprint density at radius 2 is 2.05 bits per heavy atom. The number of hydrogen-bond donors (Lipinski definition) is 0. The van der Waals surface area contributed by atoms with Gasteiger partial charge in [-0.25, -0.2) is 4.79 Å². The van der Waals surface area contributed by atoms with E-state index in [9.17, 15) is 4.79 Å². The minimum Gasteiger partial charge on any atom is -0.493 e. The maximum absolute atomic E-state index is 11.2. The molecule has 104 valence electrons. The van der Waals surface area contributed by atoms with E-state index in [4.69, 9.17) is 18.9 Å². The van der Waals surface area contributed by atoms with Crippen molar-refractivity contribution in [2.75, 3.05) is 27.6 Å². The maximum atomic E-state index is 11.2. The van der Waals surface area contributed by atoms with Crippen molar-refractivity contribution in [2.24, 2.45) is 0 Å². The lowest BCUT2D eigenvalue weighted by atomic mass is 10.2. The van der Waals surface area contributed by atoms with Crippen LogP contribution in [-0.4, -0.2) is 33.6 Å². The summed E-state index contributed by atoms with van der Waals surface area (Å²) in [5.74, 6) is 0.780. The van der Waals surface area contributed by atoms with Crippen LogP contribution in [0.2, 0.25) is 0 Å². The summed E-state index contributed by atoms with van der Waals surface area (Å²) in [7, 11) is 3.09. The Labute approximate surface area is 112 Å². The topological polar surface area (TPSA) is 54.0 Å². The predicted octanol–water partition coefficient (Wildman–Crippen LogP) is 2.25. The molecular weight excluding hydrogens is 248 g/mol. The number of rotatable bonds is 7. The van der Waals surface area contributed by atoms with Gasteiger partial charge in [0.2, 0.25) is 0 Å². The monoisotopic (exact) mass is 266 g/mol. The fraction of sp³-hybridized carbons (Fsp3) is 0.357. The van der Waals surface area contributed by atoms with Crippen molar-refractivity contribution in [2.45, 2.75) is 6.92 Å². The second-order valence-electron chi connectivity index (χ2n) is 3.55. The zero-order valence-corrected chi connectivity index (χ0v) is 11.3. The molecule has 0 saturated carbocycles. The van der Waals surface area contributed by atoms with Crippen LogP contribution >= 0.6 is 0 Å². The van der Waals surface area contributed by atoms with E-state index in [-0.39, 0.29) is 12.8 Å². The quantitative estimate of drug-likeness (QED) is 0.430. The predicted molar refractivity (Wildman–Crippen MR) is 71.2 cm³/mol. The minimum atomic E-state index is -0.374. The van der Waals surface area contributed by atoms with Crippen molar-refractivity contribution in [1.82, 2.24) is 0 Å². The molecule has 5 nitrogen and oxygen atoms in total. The zero-order valence-electron chi connectivity index (χ0n) is 11.3. The molecule has 1 rings (SSSR count). The molecule has 0 amide bonds. The molecule has 0 radical (unpaired) electrons. The summed E-state index contributed by atoms with van der Waals surface area (Å²) >= 11 is 0. The van der Waals surface area contributed by atoms with Crippen LogP contribution in [0.5, 0.6) is 11.5 Å². The van der Waals surface area contributed by atoms with E-state index in [1.807, 2.05) is 6.07 Å². The van der Waals surface area contributed by atoms with Crippen LogP contribution in [-0.2, 0) is 14.3 Å². The first-order chi connectivity index (χ1) is 9.21. The number of hydrogen-bond acceptors (Lipinski definition) is 5. The van der Waals surface area contributed by atoms with Crippen molar-refractivity contribution < 1.29 is 23.7 Å². The standard InChI is InChI=1S/C14H18O5/c1-4-18-14(15)8-6-11-5-7-12(19-10-16-2)13(9-11)17-3/h5-9H,4,10H2,1-3H3/b8-6+. The number of ether oxygens (including phenoxy) is 4. The lowest BCUT2D eigenvalue weighted by Gasteiger charge is -2.10. The second kappa shape index (κ2) is 8.16. The summed E-state index contributed by atoms with van der Waals surface area (Å²) in [5, 5.41) is 0. The van der Waals surface area contributed by atoms with Crippen molar-refractivity contribution in [3.8, 4) is 11.5 Å². The molecule has 0 atom stereocenters. The van der Waals surface area contributed by atoms with E-state index in [1.54, 1.807) is 39.4 Å². The molecule has 0 aliphatic heterocycles. The largest absolute Gasteiger partial charge is 0.493 e. The summed E-state index contributed by atoms with van der Waals surface area (Å²) < 4.78 is 20.2. The van der Waals surface area contributed by atoms with Crippen LogP contribution in [0.3, 0.4) is 0 Å². The maximum Gasteiger partial charge on any atom is 0.330 e. The Hall–Kier alpha value is -2.01. The Kier molecular flexibility index (Phi) is 6.46. The molecule has 0 bridgehead atoms. The van der Waals surface area contributed by atoms with E-state index < -0.39 is 0 Å². The van der Waals surface area contributed by atoms with Crippen molar-refractivity contribution in [3.05, 3.63) is 29.8 Å². The average Bonchev–Trinajstić information content (AvgIpc) is 2.43. The van der Waals surface area contributed by atoms with Gasteiger partial charge in [0.05, 0.1) is 13.7 Å². The molecule has 0 fully saturated rings. The third kappa shape index (κ3) is 5.01. The third-order valence-corrected chi connectivity index (χ3v) is 2.22. The first kappa shape index (κ1) is 15.0. The smallest absolute Gasteiger partial charge is 0.330 e. The van der Waals surface area contributed by atoms with Crippen LogP contribution < -0.4 is 9.47 Å². The van der Waals surface area contributed by atoms with Gasteiger partial charge in [-0.3, -0.25) is 0 Å². The van der Waals surface area contributed by atoms with Crippen LogP contribution in [0.1, 0.15) is 12.5 Å². The molecule has 1 aromatic carbocycles. The van der Waals surface area contributed by atoms with Crippen LogP contribution in [0.15, 0.2) is 24.3 Å². The molecule has 5 heteroatoms. The number of methoxy groups -OCH3 is 2. The van der Waals surface area contributed by atoms with Crippen LogP contribution in [0.4, 0.5) is 0 Å². The Balaban J connectivity index is 2.78. The Bertz CT molecular complexity index is 439. The minimum absolute atomic E-state index is 0.147. The summed E-state index contributed by atoms with van der Waals surface area (Å²) in [6, 6.07) is 5.33. The highest BCUT2D eigenvalue weighted by Crippen LogP contribution is 2.28. The van der Waals surface area contributed by atoms with Gasteiger partial charge in [0.1, 0.15) is 0 Å². The van der Waals surface area contributed by atoms with Gasteiger partial charge in [0.15, 0.2) is 18.3 Å². The molecule has 1 aromatic rings. The molecular formula is C14H18O5. The molecule has 0 saturated heterocycles. The molecule has 19 heavy (non-hydrogen) atoms. The van der Waals surface area contributed by atoms with Crippen molar-refractivity contribution in [1.29, 1.82) is 0 Å². The van der Waals surface area contributed by atoms with Gasteiger partial charge < -0.3 is 18.9 Å². The van der Waals surface area contributed by atoms with Gasteiger partial charge in [0.25, 0.3) is 0 Å². The summed E-state index contributed by atoms with van der Waals surface area (Å²) in [5.41, 5.74) is 0.815. The highest BCUT2D eigenvalue weighted by molar-refractivity contribution is 5.87. The van der Waals surface area contributed by atoms with E-state index in [2.05, 4.69) is 0 Å². The van der Waals surface area contributed by atoms with Gasteiger partial charge in [-0.1, -0.05) is 6.07 Å². The fourth-order valence-corrected chi connectivity index (χ4v) is 1.38. The summed E-state index contributed by atoms with van der Waals surface area (Å²) in [6.07, 6.45) is 3.02. The van der Waals surface area contributed by atoms with Gasteiger partial charge >= 0.3 is 5.97 Å². The van der Waals surface area contributed by atoms with Crippen LogP contribution in [0.25, 0.3) is 6.08 Å². The van der Waals surface area contributed by atoms with E-state index in [0.717, 1.165) is 5.56 Å².